The standard InChI is InChI=1S/C9H15F3O4/c1-3-16-7(8(13)14)6(2)4-15-5-9(10,11)12/h6-7H,3-5H2,1-2H3,(H,13,14). The Labute approximate surface area is 91.3 Å². The average Bonchev–Trinajstić information content (AvgIpc) is 2.11. The maximum Gasteiger partial charge on any atom is 0.411 e. The lowest BCUT2D eigenvalue weighted by Gasteiger charge is -2.20. The zero-order valence-corrected chi connectivity index (χ0v) is 9.08. The zero-order chi connectivity index (χ0) is 12.8. The summed E-state index contributed by atoms with van der Waals surface area (Å²) in [7, 11) is 0. The van der Waals surface area contributed by atoms with Gasteiger partial charge in [-0.05, 0) is 6.92 Å². The van der Waals surface area contributed by atoms with Crippen molar-refractivity contribution in [2.24, 2.45) is 5.92 Å². The van der Waals surface area contributed by atoms with Crippen molar-refractivity contribution in [1.82, 2.24) is 0 Å². The topological polar surface area (TPSA) is 55.8 Å². The van der Waals surface area contributed by atoms with E-state index in [4.69, 9.17) is 9.84 Å². The van der Waals surface area contributed by atoms with E-state index < -0.39 is 30.8 Å². The second-order valence-electron chi connectivity index (χ2n) is 3.32. The van der Waals surface area contributed by atoms with Gasteiger partial charge in [0.05, 0.1) is 6.61 Å². The van der Waals surface area contributed by atoms with Crippen molar-refractivity contribution in [2.45, 2.75) is 26.1 Å². The number of carboxylic acids is 1. The largest absolute Gasteiger partial charge is 0.479 e. The van der Waals surface area contributed by atoms with Gasteiger partial charge in [-0.25, -0.2) is 4.79 Å². The highest BCUT2D eigenvalue weighted by Gasteiger charge is 2.30. The van der Waals surface area contributed by atoms with Crippen LogP contribution >= 0.6 is 0 Å². The van der Waals surface area contributed by atoms with Crippen LogP contribution in [0.2, 0.25) is 0 Å². The van der Waals surface area contributed by atoms with E-state index in [-0.39, 0.29) is 13.2 Å². The molecular weight excluding hydrogens is 229 g/mol. The van der Waals surface area contributed by atoms with Gasteiger partial charge in [0.1, 0.15) is 6.61 Å². The molecule has 1 N–H and O–H groups in total. The van der Waals surface area contributed by atoms with Crippen LogP contribution in [0.1, 0.15) is 13.8 Å². The molecule has 0 bridgehead atoms. The first-order chi connectivity index (χ1) is 7.28. The Hall–Kier alpha value is -0.820. The minimum atomic E-state index is -4.40. The first-order valence-electron chi connectivity index (χ1n) is 4.76. The fourth-order valence-corrected chi connectivity index (χ4v) is 1.11. The van der Waals surface area contributed by atoms with Gasteiger partial charge >= 0.3 is 12.1 Å². The second-order valence-corrected chi connectivity index (χ2v) is 3.32. The van der Waals surface area contributed by atoms with Gasteiger partial charge in [-0.1, -0.05) is 6.92 Å². The maximum absolute atomic E-state index is 11.7. The summed E-state index contributed by atoms with van der Waals surface area (Å²) >= 11 is 0. The number of hydrogen-bond donors (Lipinski definition) is 1. The molecule has 0 aromatic carbocycles. The fourth-order valence-electron chi connectivity index (χ4n) is 1.11. The molecular formula is C9H15F3O4. The minimum absolute atomic E-state index is 0.181. The Bertz CT molecular complexity index is 217. The number of ether oxygens (including phenoxy) is 2. The van der Waals surface area contributed by atoms with Crippen LogP contribution in [0.4, 0.5) is 13.2 Å². The molecule has 7 heteroatoms. The molecule has 0 amide bonds. The lowest BCUT2D eigenvalue weighted by Crippen LogP contribution is -2.34. The molecule has 2 unspecified atom stereocenters. The number of aliphatic carboxylic acids is 1. The van der Waals surface area contributed by atoms with Crippen LogP contribution in [0.3, 0.4) is 0 Å². The molecule has 0 heterocycles. The van der Waals surface area contributed by atoms with Crippen molar-refractivity contribution in [2.75, 3.05) is 19.8 Å². The van der Waals surface area contributed by atoms with E-state index in [9.17, 15) is 18.0 Å². The SMILES string of the molecule is CCOC(C(=O)O)C(C)COCC(F)(F)F. The third kappa shape index (κ3) is 6.62. The highest BCUT2D eigenvalue weighted by molar-refractivity contribution is 5.72. The summed E-state index contributed by atoms with van der Waals surface area (Å²) in [6.07, 6.45) is -5.54. The smallest absolute Gasteiger partial charge is 0.411 e. The van der Waals surface area contributed by atoms with Crippen molar-refractivity contribution in [3.05, 3.63) is 0 Å². The van der Waals surface area contributed by atoms with Crippen LogP contribution < -0.4 is 0 Å². The Kier molecular flexibility index (Phi) is 6.35. The van der Waals surface area contributed by atoms with Crippen molar-refractivity contribution in [3.63, 3.8) is 0 Å². The van der Waals surface area contributed by atoms with Gasteiger partial charge in [-0.2, -0.15) is 13.2 Å². The van der Waals surface area contributed by atoms with E-state index in [1.807, 2.05) is 0 Å². The molecule has 0 rings (SSSR count). The summed E-state index contributed by atoms with van der Waals surface area (Å²) in [5.74, 6) is -1.84. The molecule has 0 saturated carbocycles. The first-order valence-corrected chi connectivity index (χ1v) is 4.76. The second kappa shape index (κ2) is 6.70. The highest BCUT2D eigenvalue weighted by atomic mass is 19.4. The van der Waals surface area contributed by atoms with E-state index in [1.165, 1.54) is 6.92 Å². The molecule has 0 saturated heterocycles. The molecule has 0 aliphatic rings. The molecule has 0 aromatic rings. The number of rotatable bonds is 7. The highest BCUT2D eigenvalue weighted by Crippen LogP contribution is 2.16. The molecule has 96 valence electrons. The molecule has 2 atom stereocenters. The monoisotopic (exact) mass is 244 g/mol. The van der Waals surface area contributed by atoms with Gasteiger partial charge in [0, 0.05) is 12.5 Å². The number of hydrogen-bond acceptors (Lipinski definition) is 3. The predicted molar refractivity (Wildman–Crippen MR) is 49.1 cm³/mol. The van der Waals surface area contributed by atoms with Crippen LogP contribution in [0.25, 0.3) is 0 Å². The quantitative estimate of drug-likeness (QED) is 0.740. The van der Waals surface area contributed by atoms with Gasteiger partial charge in [0.2, 0.25) is 0 Å². The zero-order valence-electron chi connectivity index (χ0n) is 9.08. The van der Waals surface area contributed by atoms with E-state index in [0.29, 0.717) is 0 Å². The normalized spacial score (nSPS) is 15.8. The van der Waals surface area contributed by atoms with E-state index in [2.05, 4.69) is 4.74 Å². The van der Waals surface area contributed by atoms with E-state index in [1.54, 1.807) is 6.92 Å². The van der Waals surface area contributed by atoms with Crippen LogP contribution in [0.5, 0.6) is 0 Å². The molecule has 0 spiro atoms. The number of carboxylic acid groups (broad SMARTS) is 1. The maximum atomic E-state index is 11.7. The van der Waals surface area contributed by atoms with Crippen LogP contribution in [0, 0.1) is 5.92 Å². The lowest BCUT2D eigenvalue weighted by molar-refractivity contribution is -0.181. The van der Waals surface area contributed by atoms with Gasteiger partial charge in [-0.3, -0.25) is 0 Å². The Morgan fingerprint density at radius 2 is 2.00 bits per heavy atom. The Morgan fingerprint density at radius 1 is 1.44 bits per heavy atom. The predicted octanol–water partition coefficient (Wildman–Crippen LogP) is 1.69. The van der Waals surface area contributed by atoms with Crippen molar-refractivity contribution >= 4 is 5.97 Å². The molecule has 0 radical (unpaired) electrons. The molecule has 4 nitrogen and oxygen atoms in total. The summed E-state index contributed by atoms with van der Waals surface area (Å²) in [5.41, 5.74) is 0. The number of carbonyl (C=O) groups is 1. The summed E-state index contributed by atoms with van der Waals surface area (Å²) in [5, 5.41) is 8.73. The summed E-state index contributed by atoms with van der Waals surface area (Å²) in [6, 6.07) is 0. The van der Waals surface area contributed by atoms with Crippen LogP contribution in [0.15, 0.2) is 0 Å². The van der Waals surface area contributed by atoms with Crippen molar-refractivity contribution in [3.8, 4) is 0 Å². The average molecular weight is 244 g/mol. The molecule has 0 aliphatic heterocycles. The lowest BCUT2D eigenvalue weighted by atomic mass is 10.1. The Morgan fingerprint density at radius 3 is 2.38 bits per heavy atom. The molecule has 0 aliphatic carbocycles. The Balaban J connectivity index is 4.01. The fraction of sp³-hybridized carbons (Fsp3) is 0.889. The third-order valence-electron chi connectivity index (χ3n) is 1.75. The van der Waals surface area contributed by atoms with Crippen LogP contribution in [-0.4, -0.2) is 43.2 Å². The third-order valence-corrected chi connectivity index (χ3v) is 1.75. The van der Waals surface area contributed by atoms with Crippen molar-refractivity contribution < 1.29 is 32.5 Å². The van der Waals surface area contributed by atoms with Gasteiger partial charge in [0.15, 0.2) is 6.10 Å². The van der Waals surface area contributed by atoms with E-state index >= 15 is 0 Å². The summed E-state index contributed by atoms with van der Waals surface area (Å²) in [4.78, 5) is 10.7. The first kappa shape index (κ1) is 15.2. The minimum Gasteiger partial charge on any atom is -0.479 e. The van der Waals surface area contributed by atoms with Gasteiger partial charge < -0.3 is 14.6 Å². The van der Waals surface area contributed by atoms with Gasteiger partial charge in [-0.15, -0.1) is 0 Å². The van der Waals surface area contributed by atoms with Crippen LogP contribution in [-0.2, 0) is 14.3 Å². The summed E-state index contributed by atoms with van der Waals surface area (Å²) < 4.78 is 44.5. The molecule has 0 aromatic heterocycles. The summed E-state index contributed by atoms with van der Waals surface area (Å²) in [6.45, 7) is 1.57. The number of alkyl halides is 3. The molecule has 16 heavy (non-hydrogen) atoms. The van der Waals surface area contributed by atoms with E-state index in [0.717, 1.165) is 0 Å². The molecule has 0 fully saturated rings. The number of halogens is 3. The van der Waals surface area contributed by atoms with Crippen molar-refractivity contribution in [1.29, 1.82) is 0 Å². The van der Waals surface area contributed by atoms with Gasteiger partial charge in [0.25, 0.3) is 0 Å².